The van der Waals surface area contributed by atoms with Gasteiger partial charge in [-0.05, 0) is 68.3 Å². The molecule has 5 nitrogen and oxygen atoms in total. The minimum Gasteiger partial charge on any atom is -0.491 e. The van der Waals surface area contributed by atoms with E-state index in [1.807, 2.05) is 12.1 Å². The van der Waals surface area contributed by atoms with Crippen molar-refractivity contribution in [1.29, 1.82) is 0 Å². The van der Waals surface area contributed by atoms with E-state index in [2.05, 4.69) is 67.4 Å². The van der Waals surface area contributed by atoms with Gasteiger partial charge in [0.15, 0.2) is 0 Å². The highest BCUT2D eigenvalue weighted by atomic mass is 16.5. The van der Waals surface area contributed by atoms with Gasteiger partial charge < -0.3 is 19.7 Å². The molecule has 2 aromatic rings. The van der Waals surface area contributed by atoms with Crippen molar-refractivity contribution in [1.82, 2.24) is 10.2 Å². The Kier molecular flexibility index (Phi) is 10.4. The number of piperidine rings is 1. The van der Waals surface area contributed by atoms with Crippen LogP contribution < -0.4 is 10.1 Å². The van der Waals surface area contributed by atoms with E-state index < -0.39 is 0 Å². The third-order valence-electron chi connectivity index (χ3n) is 6.82. The molecule has 0 bridgehead atoms. The molecule has 0 aromatic heterocycles. The smallest absolute Gasteiger partial charge is 0.220 e. The second kappa shape index (κ2) is 13.5. The molecule has 3 rings (SSSR count). The molecule has 1 N–H and O–H groups in total. The number of hydrogen-bond donors (Lipinski definition) is 1. The number of benzene rings is 2. The first-order valence-electron chi connectivity index (χ1n) is 12.7. The van der Waals surface area contributed by atoms with Gasteiger partial charge >= 0.3 is 0 Å². The molecule has 1 amide bonds. The molecule has 188 valence electrons. The fourth-order valence-electron chi connectivity index (χ4n) is 4.68. The maximum absolute atomic E-state index is 12.9. The third-order valence-corrected chi connectivity index (χ3v) is 6.82. The van der Waals surface area contributed by atoms with Crippen LogP contribution in [-0.4, -0.2) is 50.8 Å². The zero-order chi connectivity index (χ0) is 24.3. The van der Waals surface area contributed by atoms with Crippen molar-refractivity contribution in [2.75, 3.05) is 40.0 Å². The predicted octanol–water partition coefficient (Wildman–Crippen LogP) is 5.42. The Morgan fingerprint density at radius 2 is 1.79 bits per heavy atom. The molecule has 0 saturated carbocycles. The average Bonchev–Trinajstić information content (AvgIpc) is 2.83. The lowest BCUT2D eigenvalue weighted by Crippen LogP contribution is -2.38. The SMILES string of the molecule is COCCOc1ccccc1CCN1CCC(CC(=O)N[C@@H](c2ccc(C)cc2)C(C)C)CC1.[HH]. The van der Waals surface area contributed by atoms with Crippen molar-refractivity contribution < 1.29 is 15.7 Å². The highest BCUT2D eigenvalue weighted by molar-refractivity contribution is 5.76. The molecule has 34 heavy (non-hydrogen) atoms. The largest absolute Gasteiger partial charge is 0.491 e. The minimum atomic E-state index is 0. The normalized spacial score (nSPS) is 15.9. The monoisotopic (exact) mass is 468 g/mol. The van der Waals surface area contributed by atoms with Crippen LogP contribution >= 0.6 is 0 Å². The van der Waals surface area contributed by atoms with Gasteiger partial charge in [-0.3, -0.25) is 4.79 Å². The van der Waals surface area contributed by atoms with Gasteiger partial charge in [-0.15, -0.1) is 0 Å². The van der Waals surface area contributed by atoms with E-state index >= 15 is 0 Å². The van der Waals surface area contributed by atoms with E-state index in [1.54, 1.807) is 7.11 Å². The van der Waals surface area contributed by atoms with Gasteiger partial charge in [0.25, 0.3) is 0 Å². The molecule has 0 spiro atoms. The van der Waals surface area contributed by atoms with Gasteiger partial charge in [0.1, 0.15) is 12.4 Å². The first-order chi connectivity index (χ1) is 16.5. The molecule has 0 radical (unpaired) electrons. The first kappa shape index (κ1) is 26.2. The fourth-order valence-corrected chi connectivity index (χ4v) is 4.68. The third kappa shape index (κ3) is 8.14. The van der Waals surface area contributed by atoms with Crippen LogP contribution in [0.4, 0.5) is 0 Å². The van der Waals surface area contributed by atoms with Crippen molar-refractivity contribution in [2.24, 2.45) is 11.8 Å². The number of hydrogen-bond acceptors (Lipinski definition) is 4. The van der Waals surface area contributed by atoms with Crippen molar-refractivity contribution in [3.8, 4) is 5.75 Å². The molecule has 1 saturated heterocycles. The number of para-hydroxylation sites is 1. The minimum absolute atomic E-state index is 0. The zero-order valence-corrected chi connectivity index (χ0v) is 21.4. The quantitative estimate of drug-likeness (QED) is 0.422. The van der Waals surface area contributed by atoms with Crippen LogP contribution in [0.2, 0.25) is 0 Å². The number of nitrogens with one attached hydrogen (secondary N) is 1. The summed E-state index contributed by atoms with van der Waals surface area (Å²) in [5, 5.41) is 3.31. The number of rotatable bonds is 12. The van der Waals surface area contributed by atoms with Crippen molar-refractivity contribution >= 4 is 5.91 Å². The summed E-state index contributed by atoms with van der Waals surface area (Å²) in [6.45, 7) is 10.7. The van der Waals surface area contributed by atoms with Gasteiger partial charge in [0.2, 0.25) is 5.91 Å². The Balaban J connectivity index is 0.00000432. The van der Waals surface area contributed by atoms with E-state index in [-0.39, 0.29) is 13.4 Å². The number of carbonyl (C=O) groups excluding carboxylic acids is 1. The van der Waals surface area contributed by atoms with E-state index in [1.165, 1.54) is 16.7 Å². The number of likely N-dealkylation sites (tertiary alicyclic amines) is 1. The molecular weight excluding hydrogens is 424 g/mol. The second-order valence-corrected chi connectivity index (χ2v) is 9.89. The number of nitrogens with zero attached hydrogens (tertiary/aromatic N) is 1. The van der Waals surface area contributed by atoms with Crippen molar-refractivity contribution in [3.63, 3.8) is 0 Å². The van der Waals surface area contributed by atoms with Crippen LogP contribution in [0.1, 0.15) is 57.3 Å². The number of ether oxygens (including phenoxy) is 2. The van der Waals surface area contributed by atoms with Crippen LogP contribution in [0.25, 0.3) is 0 Å². The zero-order valence-electron chi connectivity index (χ0n) is 21.4. The number of carbonyl (C=O) groups is 1. The Bertz CT molecular complexity index is 880. The molecule has 0 unspecified atom stereocenters. The first-order valence-corrected chi connectivity index (χ1v) is 12.7. The highest BCUT2D eigenvalue weighted by Gasteiger charge is 2.24. The van der Waals surface area contributed by atoms with Gasteiger partial charge in [-0.2, -0.15) is 0 Å². The summed E-state index contributed by atoms with van der Waals surface area (Å²) < 4.78 is 11.0. The standard InChI is InChI=1S/C29H42N2O3.H2/c1-22(2)29(26-11-9-23(3)10-12-26)30-28(32)21-24-13-16-31(17-14-24)18-15-25-7-5-6-8-27(25)34-20-19-33-4;/h5-12,22,24,29H,13-21H2,1-4H3,(H,30,32);1H/t29-;/m1./s1. The lowest BCUT2D eigenvalue weighted by atomic mass is 9.91. The van der Waals surface area contributed by atoms with E-state index in [9.17, 15) is 4.79 Å². The van der Waals surface area contributed by atoms with Gasteiger partial charge in [0.05, 0.1) is 12.6 Å². The Labute approximate surface area is 207 Å². The number of methoxy groups -OCH3 is 1. The van der Waals surface area contributed by atoms with E-state index in [0.717, 1.165) is 44.6 Å². The Hall–Kier alpha value is -2.37. The lowest BCUT2D eigenvalue weighted by Gasteiger charge is -2.32. The van der Waals surface area contributed by atoms with Crippen molar-refractivity contribution in [2.45, 2.75) is 52.5 Å². The number of amides is 1. The van der Waals surface area contributed by atoms with Gasteiger partial charge in [-0.25, -0.2) is 0 Å². The van der Waals surface area contributed by atoms with E-state index in [0.29, 0.717) is 31.5 Å². The number of aryl methyl sites for hydroxylation is 1. The second-order valence-electron chi connectivity index (χ2n) is 9.89. The molecule has 1 aliphatic heterocycles. The topological polar surface area (TPSA) is 50.8 Å². The van der Waals surface area contributed by atoms with E-state index in [4.69, 9.17) is 9.47 Å². The Morgan fingerprint density at radius 1 is 1.09 bits per heavy atom. The fraction of sp³-hybridized carbons (Fsp3) is 0.552. The van der Waals surface area contributed by atoms with Gasteiger partial charge in [-0.1, -0.05) is 61.9 Å². The highest BCUT2D eigenvalue weighted by Crippen LogP contribution is 2.25. The summed E-state index contributed by atoms with van der Waals surface area (Å²) >= 11 is 0. The summed E-state index contributed by atoms with van der Waals surface area (Å²) in [7, 11) is 1.69. The molecule has 1 aliphatic rings. The van der Waals surface area contributed by atoms with Gasteiger partial charge in [0, 0.05) is 21.5 Å². The van der Waals surface area contributed by atoms with Crippen LogP contribution in [-0.2, 0) is 16.0 Å². The molecule has 1 atom stereocenters. The summed E-state index contributed by atoms with van der Waals surface area (Å²) in [6, 6.07) is 16.9. The average molecular weight is 469 g/mol. The van der Waals surface area contributed by atoms with Crippen LogP contribution in [0.3, 0.4) is 0 Å². The Morgan fingerprint density at radius 3 is 2.47 bits per heavy atom. The molecule has 2 aromatic carbocycles. The maximum atomic E-state index is 12.9. The maximum Gasteiger partial charge on any atom is 0.220 e. The van der Waals surface area contributed by atoms with Crippen molar-refractivity contribution in [3.05, 3.63) is 65.2 Å². The predicted molar refractivity (Wildman–Crippen MR) is 140 cm³/mol. The van der Waals surface area contributed by atoms with Crippen LogP contribution in [0.15, 0.2) is 48.5 Å². The molecule has 5 heteroatoms. The summed E-state index contributed by atoms with van der Waals surface area (Å²) in [5.74, 6) is 1.96. The molecule has 0 aliphatic carbocycles. The molecular formula is C29H44N2O3. The van der Waals surface area contributed by atoms with Crippen LogP contribution in [0.5, 0.6) is 5.75 Å². The molecule has 1 fully saturated rings. The lowest BCUT2D eigenvalue weighted by molar-refractivity contribution is -0.123. The summed E-state index contributed by atoms with van der Waals surface area (Å²) in [4.78, 5) is 15.4. The summed E-state index contributed by atoms with van der Waals surface area (Å²) in [6.07, 6.45) is 3.76. The van der Waals surface area contributed by atoms with Crippen LogP contribution in [0, 0.1) is 18.8 Å². The molecule has 1 heterocycles. The summed E-state index contributed by atoms with van der Waals surface area (Å²) in [5.41, 5.74) is 3.68.